The van der Waals surface area contributed by atoms with Gasteiger partial charge < -0.3 is 14.8 Å². The molecule has 3 rings (SSSR count). The van der Waals surface area contributed by atoms with Gasteiger partial charge in [-0.3, -0.25) is 14.6 Å². The first-order valence-electron chi connectivity index (χ1n) is 11.0. The van der Waals surface area contributed by atoms with E-state index < -0.39 is 0 Å². The minimum atomic E-state index is 0.0232. The predicted octanol–water partition coefficient (Wildman–Crippen LogP) is 2.76. The van der Waals surface area contributed by atoms with Crippen LogP contribution in [0.15, 0.2) is 42.5 Å². The molecule has 31 heavy (non-hydrogen) atoms. The van der Waals surface area contributed by atoms with E-state index in [9.17, 15) is 4.79 Å². The Morgan fingerprint density at radius 1 is 1.10 bits per heavy atom. The van der Waals surface area contributed by atoms with Crippen LogP contribution in [0.3, 0.4) is 0 Å². The number of nitrogens with zero attached hydrogens (tertiary/aromatic N) is 2. The van der Waals surface area contributed by atoms with Gasteiger partial charge in [-0.2, -0.15) is 0 Å². The van der Waals surface area contributed by atoms with Gasteiger partial charge in [0.25, 0.3) is 0 Å². The maximum Gasteiger partial charge on any atom is 0.234 e. The molecule has 0 spiro atoms. The van der Waals surface area contributed by atoms with Gasteiger partial charge in [-0.05, 0) is 55.3 Å². The summed E-state index contributed by atoms with van der Waals surface area (Å²) in [4.78, 5) is 16.8. The highest BCUT2D eigenvalue weighted by Crippen LogP contribution is 2.16. The van der Waals surface area contributed by atoms with Crippen molar-refractivity contribution in [1.82, 2.24) is 15.1 Å². The Labute approximate surface area is 186 Å². The molecule has 2 aromatic carbocycles. The monoisotopic (exact) mass is 425 g/mol. The third-order valence-electron chi connectivity index (χ3n) is 5.44. The molecular formula is C25H35N3O3. The van der Waals surface area contributed by atoms with Crippen molar-refractivity contribution >= 4 is 5.91 Å². The van der Waals surface area contributed by atoms with Crippen LogP contribution >= 0.6 is 0 Å². The summed E-state index contributed by atoms with van der Waals surface area (Å²) in [6, 6.07) is 14.5. The van der Waals surface area contributed by atoms with Crippen molar-refractivity contribution in [2.45, 2.75) is 26.9 Å². The van der Waals surface area contributed by atoms with E-state index in [0.29, 0.717) is 26.2 Å². The SMILES string of the molecule is Cc1cc(C)cc(OCCN(C)CC(=O)NCc2ccccc2CN2CCOCC2)c1. The van der Waals surface area contributed by atoms with E-state index in [1.807, 2.05) is 30.1 Å². The molecule has 0 atom stereocenters. The minimum absolute atomic E-state index is 0.0232. The average molecular weight is 426 g/mol. The zero-order valence-corrected chi connectivity index (χ0v) is 19.0. The molecule has 0 bridgehead atoms. The van der Waals surface area contributed by atoms with Gasteiger partial charge in [-0.1, -0.05) is 30.3 Å². The number of amides is 1. The predicted molar refractivity (Wildman–Crippen MR) is 123 cm³/mol. The third-order valence-corrected chi connectivity index (χ3v) is 5.44. The van der Waals surface area contributed by atoms with E-state index >= 15 is 0 Å². The standard InChI is InChI=1S/C25H35N3O3/c1-20-14-21(2)16-24(15-20)31-13-8-27(3)19-25(29)26-17-22-6-4-5-7-23(22)18-28-9-11-30-12-10-28/h4-7,14-16H,8-13,17-19H2,1-3H3,(H,26,29). The zero-order valence-electron chi connectivity index (χ0n) is 19.0. The van der Waals surface area contributed by atoms with E-state index in [0.717, 1.165) is 38.6 Å². The fraction of sp³-hybridized carbons (Fsp3) is 0.480. The number of morpholine rings is 1. The molecule has 1 N–H and O–H groups in total. The first-order valence-corrected chi connectivity index (χ1v) is 11.0. The number of nitrogens with one attached hydrogen (secondary N) is 1. The third kappa shape index (κ3) is 7.98. The van der Waals surface area contributed by atoms with Gasteiger partial charge in [0, 0.05) is 32.7 Å². The van der Waals surface area contributed by atoms with E-state index in [4.69, 9.17) is 9.47 Å². The Kier molecular flexibility index (Phi) is 8.88. The molecule has 1 saturated heterocycles. The summed E-state index contributed by atoms with van der Waals surface area (Å²) in [5.41, 5.74) is 4.82. The second-order valence-electron chi connectivity index (χ2n) is 8.34. The summed E-state index contributed by atoms with van der Waals surface area (Å²) in [7, 11) is 1.94. The van der Waals surface area contributed by atoms with Crippen molar-refractivity contribution in [3.8, 4) is 5.75 Å². The normalized spacial score (nSPS) is 14.6. The number of ether oxygens (including phenoxy) is 2. The summed E-state index contributed by atoms with van der Waals surface area (Å²) >= 11 is 0. The lowest BCUT2D eigenvalue weighted by Gasteiger charge is -2.27. The Morgan fingerprint density at radius 3 is 2.48 bits per heavy atom. The number of likely N-dealkylation sites (N-methyl/N-ethyl adjacent to an activating group) is 1. The van der Waals surface area contributed by atoms with Crippen LogP contribution < -0.4 is 10.1 Å². The number of aryl methyl sites for hydroxylation is 2. The van der Waals surface area contributed by atoms with Crippen LogP contribution in [0.1, 0.15) is 22.3 Å². The number of hydrogen-bond acceptors (Lipinski definition) is 5. The van der Waals surface area contributed by atoms with Gasteiger partial charge in [-0.15, -0.1) is 0 Å². The molecule has 0 radical (unpaired) electrons. The highest BCUT2D eigenvalue weighted by Gasteiger charge is 2.13. The van der Waals surface area contributed by atoms with Gasteiger partial charge in [0.1, 0.15) is 12.4 Å². The van der Waals surface area contributed by atoms with Crippen LogP contribution in [0.5, 0.6) is 5.75 Å². The lowest BCUT2D eigenvalue weighted by molar-refractivity contribution is -0.122. The fourth-order valence-corrected chi connectivity index (χ4v) is 3.79. The van der Waals surface area contributed by atoms with Crippen molar-refractivity contribution in [2.24, 2.45) is 0 Å². The number of hydrogen-bond donors (Lipinski definition) is 1. The molecule has 6 heteroatoms. The molecular weight excluding hydrogens is 390 g/mol. The summed E-state index contributed by atoms with van der Waals surface area (Å²) in [6.07, 6.45) is 0. The second kappa shape index (κ2) is 11.8. The van der Waals surface area contributed by atoms with E-state index in [2.05, 4.69) is 48.3 Å². The molecule has 6 nitrogen and oxygen atoms in total. The number of benzene rings is 2. The van der Waals surface area contributed by atoms with Crippen molar-refractivity contribution in [1.29, 1.82) is 0 Å². The van der Waals surface area contributed by atoms with Crippen molar-refractivity contribution in [3.05, 3.63) is 64.7 Å². The van der Waals surface area contributed by atoms with Gasteiger partial charge in [0.2, 0.25) is 5.91 Å². The molecule has 1 heterocycles. The van der Waals surface area contributed by atoms with Crippen LogP contribution in [0.25, 0.3) is 0 Å². The lowest BCUT2D eigenvalue weighted by Crippen LogP contribution is -2.37. The average Bonchev–Trinajstić information content (AvgIpc) is 2.73. The van der Waals surface area contributed by atoms with Gasteiger partial charge >= 0.3 is 0 Å². The van der Waals surface area contributed by atoms with Crippen LogP contribution in [0.4, 0.5) is 0 Å². The largest absolute Gasteiger partial charge is 0.492 e. The number of rotatable bonds is 10. The summed E-state index contributed by atoms with van der Waals surface area (Å²) in [6.45, 7) is 10.6. The molecule has 0 saturated carbocycles. The highest BCUT2D eigenvalue weighted by molar-refractivity contribution is 5.78. The smallest absolute Gasteiger partial charge is 0.234 e. The van der Waals surface area contributed by atoms with Gasteiger partial charge in [0.15, 0.2) is 0 Å². The van der Waals surface area contributed by atoms with Crippen LogP contribution in [0, 0.1) is 13.8 Å². The minimum Gasteiger partial charge on any atom is -0.492 e. The Morgan fingerprint density at radius 2 is 1.77 bits per heavy atom. The van der Waals surface area contributed by atoms with Crippen molar-refractivity contribution in [3.63, 3.8) is 0 Å². The summed E-state index contributed by atoms with van der Waals surface area (Å²) in [5, 5.41) is 3.07. The topological polar surface area (TPSA) is 54.0 Å². The Bertz CT molecular complexity index is 829. The number of carbonyl (C=O) groups excluding carboxylic acids is 1. The molecule has 168 valence electrons. The van der Waals surface area contributed by atoms with Crippen molar-refractivity contribution in [2.75, 3.05) is 53.0 Å². The zero-order chi connectivity index (χ0) is 22.1. The number of carbonyl (C=O) groups is 1. The quantitative estimate of drug-likeness (QED) is 0.634. The van der Waals surface area contributed by atoms with Gasteiger partial charge in [-0.25, -0.2) is 0 Å². The maximum absolute atomic E-state index is 12.4. The van der Waals surface area contributed by atoms with Crippen LogP contribution in [0.2, 0.25) is 0 Å². The first-order chi connectivity index (χ1) is 15.0. The fourth-order valence-electron chi connectivity index (χ4n) is 3.79. The molecule has 0 aliphatic carbocycles. The van der Waals surface area contributed by atoms with Crippen LogP contribution in [-0.2, 0) is 22.6 Å². The van der Waals surface area contributed by atoms with Crippen LogP contribution in [-0.4, -0.2) is 68.8 Å². The molecule has 1 fully saturated rings. The second-order valence-corrected chi connectivity index (χ2v) is 8.34. The summed E-state index contributed by atoms with van der Waals surface area (Å²) in [5.74, 6) is 0.905. The van der Waals surface area contributed by atoms with E-state index in [1.54, 1.807) is 0 Å². The Balaban J connectivity index is 1.40. The van der Waals surface area contributed by atoms with Gasteiger partial charge in [0.05, 0.1) is 19.8 Å². The highest BCUT2D eigenvalue weighted by atomic mass is 16.5. The molecule has 0 unspecified atom stereocenters. The Hall–Kier alpha value is -2.41. The maximum atomic E-state index is 12.4. The molecule has 2 aromatic rings. The lowest BCUT2D eigenvalue weighted by atomic mass is 10.1. The van der Waals surface area contributed by atoms with E-state index in [-0.39, 0.29) is 5.91 Å². The molecule has 0 aromatic heterocycles. The van der Waals surface area contributed by atoms with Crippen molar-refractivity contribution < 1.29 is 14.3 Å². The molecule has 1 amide bonds. The summed E-state index contributed by atoms with van der Waals surface area (Å²) < 4.78 is 11.3. The molecule has 1 aliphatic heterocycles. The molecule has 1 aliphatic rings. The first kappa shape index (κ1) is 23.3. The van der Waals surface area contributed by atoms with E-state index in [1.165, 1.54) is 22.3 Å².